The number of H-pyrrole nitrogens is 1. The van der Waals surface area contributed by atoms with Crippen LogP contribution in [0.15, 0.2) is 20.3 Å². The predicted octanol–water partition coefficient (Wildman–Crippen LogP) is 0.969. The molecule has 2 rings (SSSR count). The van der Waals surface area contributed by atoms with Crippen LogP contribution in [-0.4, -0.2) is 14.7 Å². The fourth-order valence-electron chi connectivity index (χ4n) is 1.52. The molecule has 90 valence electrons. The summed E-state index contributed by atoms with van der Waals surface area (Å²) in [4.78, 5) is 25.0. The van der Waals surface area contributed by atoms with E-state index in [1.807, 2.05) is 17.7 Å². The Kier molecular flexibility index (Phi) is 2.89. The third kappa shape index (κ3) is 2.03. The van der Waals surface area contributed by atoms with Crippen LogP contribution in [0.4, 0.5) is 0 Å². The molecule has 0 aliphatic rings. The number of nitrogens with one attached hydrogen (secondary N) is 1. The van der Waals surface area contributed by atoms with E-state index in [4.69, 9.17) is 0 Å². The van der Waals surface area contributed by atoms with Crippen LogP contribution in [0.5, 0.6) is 5.88 Å². The standard InChI is InChI=1S/C11H12N2O3S/c1-6-4-17-5-8(6)3-13-10(15)7(2)9(14)12-11(13)16/h4-5,15H,3H2,1-2H3,(H,12,14,16). The molecule has 0 aliphatic carbocycles. The molecule has 0 atom stereocenters. The van der Waals surface area contributed by atoms with Gasteiger partial charge in [-0.1, -0.05) is 0 Å². The van der Waals surface area contributed by atoms with Crippen molar-refractivity contribution >= 4 is 11.3 Å². The van der Waals surface area contributed by atoms with E-state index in [2.05, 4.69) is 4.98 Å². The highest BCUT2D eigenvalue weighted by Crippen LogP contribution is 2.17. The number of aromatic nitrogens is 2. The van der Waals surface area contributed by atoms with E-state index in [0.29, 0.717) is 0 Å². The summed E-state index contributed by atoms with van der Waals surface area (Å²) >= 11 is 1.54. The number of aryl methyl sites for hydroxylation is 1. The molecule has 2 N–H and O–H groups in total. The molecule has 2 heterocycles. The molecule has 5 nitrogen and oxygen atoms in total. The highest BCUT2D eigenvalue weighted by Gasteiger charge is 2.11. The smallest absolute Gasteiger partial charge is 0.331 e. The van der Waals surface area contributed by atoms with Gasteiger partial charge in [-0.05, 0) is 35.7 Å². The van der Waals surface area contributed by atoms with E-state index < -0.39 is 11.2 Å². The Morgan fingerprint density at radius 3 is 2.65 bits per heavy atom. The van der Waals surface area contributed by atoms with Crippen LogP contribution in [0.25, 0.3) is 0 Å². The molecular weight excluding hydrogens is 240 g/mol. The van der Waals surface area contributed by atoms with Gasteiger partial charge in [0.25, 0.3) is 5.56 Å². The first kappa shape index (κ1) is 11.7. The maximum Gasteiger partial charge on any atom is 0.331 e. The topological polar surface area (TPSA) is 75.1 Å². The lowest BCUT2D eigenvalue weighted by atomic mass is 10.2. The Hall–Kier alpha value is -1.82. The van der Waals surface area contributed by atoms with E-state index in [1.165, 1.54) is 18.3 Å². The molecule has 17 heavy (non-hydrogen) atoms. The minimum absolute atomic E-state index is 0.150. The minimum Gasteiger partial charge on any atom is -0.494 e. The van der Waals surface area contributed by atoms with Gasteiger partial charge >= 0.3 is 5.69 Å². The fraction of sp³-hybridized carbons (Fsp3) is 0.273. The van der Waals surface area contributed by atoms with Crippen molar-refractivity contribution in [2.45, 2.75) is 20.4 Å². The van der Waals surface area contributed by atoms with E-state index in [-0.39, 0.29) is 18.0 Å². The average molecular weight is 252 g/mol. The quantitative estimate of drug-likeness (QED) is 0.836. The monoisotopic (exact) mass is 252 g/mol. The van der Waals surface area contributed by atoms with Gasteiger partial charge in [0.15, 0.2) is 0 Å². The number of hydrogen-bond donors (Lipinski definition) is 2. The molecule has 0 amide bonds. The Labute approximate surface area is 101 Å². The molecule has 0 saturated carbocycles. The van der Waals surface area contributed by atoms with Gasteiger partial charge in [0.05, 0.1) is 12.1 Å². The number of nitrogens with zero attached hydrogens (tertiary/aromatic N) is 1. The van der Waals surface area contributed by atoms with Crippen molar-refractivity contribution in [1.82, 2.24) is 9.55 Å². The first-order valence-electron chi connectivity index (χ1n) is 5.05. The maximum atomic E-state index is 11.6. The largest absolute Gasteiger partial charge is 0.494 e. The SMILES string of the molecule is Cc1cscc1Cn1c(O)c(C)c(=O)[nH]c1=O. The zero-order valence-electron chi connectivity index (χ0n) is 9.48. The number of hydrogen-bond acceptors (Lipinski definition) is 4. The molecule has 0 spiro atoms. The molecule has 0 bridgehead atoms. The van der Waals surface area contributed by atoms with Crippen LogP contribution in [0.2, 0.25) is 0 Å². The normalized spacial score (nSPS) is 10.7. The lowest BCUT2D eigenvalue weighted by molar-refractivity contribution is 0.404. The molecule has 0 unspecified atom stereocenters. The second-order valence-corrected chi connectivity index (χ2v) is 4.62. The minimum atomic E-state index is -0.594. The molecule has 0 saturated heterocycles. The number of rotatable bonds is 2. The van der Waals surface area contributed by atoms with Gasteiger partial charge in [-0.25, -0.2) is 4.79 Å². The summed E-state index contributed by atoms with van der Waals surface area (Å²) < 4.78 is 1.16. The Balaban J connectivity index is 2.54. The lowest BCUT2D eigenvalue weighted by Crippen LogP contribution is -2.31. The second-order valence-electron chi connectivity index (χ2n) is 3.87. The number of thiophene rings is 1. The highest BCUT2D eigenvalue weighted by atomic mass is 32.1. The Bertz CT molecular complexity index is 666. The number of aromatic hydroxyl groups is 1. The fourth-order valence-corrected chi connectivity index (χ4v) is 2.37. The molecule has 2 aromatic rings. The molecule has 0 radical (unpaired) electrons. The van der Waals surface area contributed by atoms with Crippen LogP contribution >= 0.6 is 11.3 Å². The lowest BCUT2D eigenvalue weighted by Gasteiger charge is -2.09. The third-order valence-electron chi connectivity index (χ3n) is 2.69. The van der Waals surface area contributed by atoms with Gasteiger partial charge in [0, 0.05) is 0 Å². The molecule has 2 aromatic heterocycles. The summed E-state index contributed by atoms with van der Waals surface area (Å²) in [6.07, 6.45) is 0. The average Bonchev–Trinajstić information content (AvgIpc) is 2.67. The maximum absolute atomic E-state index is 11.6. The number of aromatic amines is 1. The van der Waals surface area contributed by atoms with Gasteiger partial charge in [-0.3, -0.25) is 14.3 Å². The predicted molar refractivity (Wildman–Crippen MR) is 65.9 cm³/mol. The van der Waals surface area contributed by atoms with Crippen LogP contribution in [-0.2, 0) is 6.54 Å². The van der Waals surface area contributed by atoms with Crippen molar-refractivity contribution in [2.24, 2.45) is 0 Å². The van der Waals surface area contributed by atoms with Crippen molar-refractivity contribution in [1.29, 1.82) is 0 Å². The van der Waals surface area contributed by atoms with Gasteiger partial charge < -0.3 is 5.11 Å². The summed E-state index contributed by atoms with van der Waals surface area (Å²) in [6.45, 7) is 3.68. The van der Waals surface area contributed by atoms with E-state index in [0.717, 1.165) is 15.7 Å². The summed E-state index contributed by atoms with van der Waals surface area (Å²) in [5, 5.41) is 13.7. The summed E-state index contributed by atoms with van der Waals surface area (Å²) in [5.74, 6) is -0.274. The molecular formula is C11H12N2O3S. The zero-order valence-corrected chi connectivity index (χ0v) is 10.3. The second kappa shape index (κ2) is 4.21. The molecule has 0 aliphatic heterocycles. The van der Waals surface area contributed by atoms with Crippen molar-refractivity contribution in [3.05, 3.63) is 48.3 Å². The van der Waals surface area contributed by atoms with Crippen molar-refractivity contribution < 1.29 is 5.11 Å². The van der Waals surface area contributed by atoms with Gasteiger partial charge in [-0.15, -0.1) is 0 Å². The Morgan fingerprint density at radius 1 is 1.35 bits per heavy atom. The van der Waals surface area contributed by atoms with E-state index in [9.17, 15) is 14.7 Å². The van der Waals surface area contributed by atoms with E-state index >= 15 is 0 Å². The van der Waals surface area contributed by atoms with Crippen LogP contribution in [0, 0.1) is 13.8 Å². The van der Waals surface area contributed by atoms with Crippen LogP contribution < -0.4 is 11.2 Å². The van der Waals surface area contributed by atoms with Crippen LogP contribution in [0.3, 0.4) is 0 Å². The highest BCUT2D eigenvalue weighted by molar-refractivity contribution is 7.08. The van der Waals surface area contributed by atoms with Crippen molar-refractivity contribution in [2.75, 3.05) is 0 Å². The third-order valence-corrected chi connectivity index (χ3v) is 3.60. The van der Waals surface area contributed by atoms with Gasteiger partial charge in [0.2, 0.25) is 5.88 Å². The van der Waals surface area contributed by atoms with Gasteiger partial charge in [0.1, 0.15) is 0 Å². The van der Waals surface area contributed by atoms with Crippen molar-refractivity contribution in [3.63, 3.8) is 0 Å². The first-order valence-corrected chi connectivity index (χ1v) is 5.99. The van der Waals surface area contributed by atoms with Crippen LogP contribution in [0.1, 0.15) is 16.7 Å². The Morgan fingerprint density at radius 2 is 2.06 bits per heavy atom. The first-order chi connectivity index (χ1) is 8.00. The molecule has 0 aromatic carbocycles. The van der Waals surface area contributed by atoms with Crippen molar-refractivity contribution in [3.8, 4) is 5.88 Å². The summed E-state index contributed by atoms with van der Waals surface area (Å²) in [6, 6.07) is 0. The zero-order chi connectivity index (χ0) is 12.6. The summed E-state index contributed by atoms with van der Waals surface area (Å²) in [5.41, 5.74) is 1.02. The molecule has 6 heteroatoms. The van der Waals surface area contributed by atoms with E-state index in [1.54, 1.807) is 0 Å². The van der Waals surface area contributed by atoms with Gasteiger partial charge in [-0.2, -0.15) is 11.3 Å². The molecule has 0 fully saturated rings. The summed E-state index contributed by atoms with van der Waals surface area (Å²) in [7, 11) is 0.